The summed E-state index contributed by atoms with van der Waals surface area (Å²) in [5, 5.41) is 8.18. The van der Waals surface area contributed by atoms with E-state index in [0.29, 0.717) is 29.7 Å². The van der Waals surface area contributed by atoms with Crippen molar-refractivity contribution in [1.29, 1.82) is 0 Å². The van der Waals surface area contributed by atoms with E-state index in [-0.39, 0.29) is 11.7 Å². The number of aromatic nitrogens is 3. The first-order valence-corrected chi connectivity index (χ1v) is 11.1. The van der Waals surface area contributed by atoms with Gasteiger partial charge in [0.15, 0.2) is 11.4 Å². The molecule has 1 N–H and O–H groups in total. The lowest BCUT2D eigenvalue weighted by Gasteiger charge is -2.09. The molecule has 4 aromatic rings. The van der Waals surface area contributed by atoms with Gasteiger partial charge in [0.2, 0.25) is 10.0 Å². The average Bonchev–Trinajstić information content (AvgIpc) is 3.26. The van der Waals surface area contributed by atoms with Crippen LogP contribution < -0.4 is 9.46 Å². The number of sulfonamides is 1. The molecule has 2 atom stereocenters. The summed E-state index contributed by atoms with van der Waals surface area (Å²) in [7, 11) is -2.09. The molecule has 0 spiro atoms. The van der Waals surface area contributed by atoms with Crippen molar-refractivity contribution in [1.82, 2.24) is 14.9 Å². The predicted octanol–water partition coefficient (Wildman–Crippen LogP) is 3.38. The Bertz CT molecular complexity index is 1280. The van der Waals surface area contributed by atoms with Crippen LogP contribution in [0.2, 0.25) is 0 Å². The van der Waals surface area contributed by atoms with Gasteiger partial charge in [0.25, 0.3) is 0 Å². The number of nitrogens with zero attached hydrogens (tertiary/aromatic N) is 3. The molecular formula is C21H20N4O4S. The summed E-state index contributed by atoms with van der Waals surface area (Å²) in [6.07, 6.45) is 4.15. The molecule has 9 heteroatoms. The van der Waals surface area contributed by atoms with Crippen LogP contribution in [0.3, 0.4) is 0 Å². The van der Waals surface area contributed by atoms with E-state index in [2.05, 4.69) is 15.0 Å². The lowest BCUT2D eigenvalue weighted by atomic mass is 10.1. The van der Waals surface area contributed by atoms with Gasteiger partial charge in [-0.3, -0.25) is 9.40 Å². The van der Waals surface area contributed by atoms with E-state index in [1.165, 1.54) is 7.11 Å². The fourth-order valence-corrected chi connectivity index (χ4v) is 5.38. The summed E-state index contributed by atoms with van der Waals surface area (Å²) in [5.74, 6) is 0.625. The van der Waals surface area contributed by atoms with E-state index >= 15 is 0 Å². The first kappa shape index (κ1) is 18.7. The molecule has 1 aliphatic rings. The van der Waals surface area contributed by atoms with Crippen LogP contribution in [0, 0.1) is 0 Å². The molecule has 1 saturated carbocycles. The summed E-state index contributed by atoms with van der Waals surface area (Å²) in [6.45, 7) is 0.530. The van der Waals surface area contributed by atoms with Crippen molar-refractivity contribution in [2.75, 3.05) is 11.8 Å². The third-order valence-corrected chi connectivity index (χ3v) is 7.11. The third kappa shape index (κ3) is 3.41. The molecule has 154 valence electrons. The molecule has 0 unspecified atom stereocenters. The maximum Gasteiger partial charge on any atom is 0.237 e. The zero-order chi connectivity index (χ0) is 20.7. The van der Waals surface area contributed by atoms with Crippen molar-refractivity contribution in [2.45, 2.75) is 24.1 Å². The molecule has 2 heterocycles. The van der Waals surface area contributed by atoms with Gasteiger partial charge in [-0.15, -0.1) is 0 Å². The quantitative estimate of drug-likeness (QED) is 0.488. The summed E-state index contributed by atoms with van der Waals surface area (Å²) in [5.41, 5.74) is 2.38. The molecule has 0 saturated heterocycles. The van der Waals surface area contributed by atoms with Crippen LogP contribution in [0.5, 0.6) is 5.75 Å². The topological polar surface area (TPSA) is 99.2 Å². The Hall–Kier alpha value is -3.33. The summed E-state index contributed by atoms with van der Waals surface area (Å²) < 4.78 is 41.2. The second-order valence-corrected chi connectivity index (χ2v) is 9.24. The predicted molar refractivity (Wildman–Crippen MR) is 112 cm³/mol. The number of hydrogen-bond acceptors (Lipinski definition) is 6. The number of fused-ring (bicyclic) bond motifs is 1. The monoisotopic (exact) mass is 424 g/mol. The van der Waals surface area contributed by atoms with Gasteiger partial charge in [-0.2, -0.15) is 5.10 Å². The van der Waals surface area contributed by atoms with Crippen LogP contribution in [-0.2, 0) is 16.6 Å². The van der Waals surface area contributed by atoms with Crippen molar-refractivity contribution in [3.8, 4) is 5.75 Å². The van der Waals surface area contributed by atoms with Crippen LogP contribution in [0.25, 0.3) is 11.0 Å². The maximum atomic E-state index is 12.9. The number of hydrogen-bond donors (Lipinski definition) is 1. The van der Waals surface area contributed by atoms with Gasteiger partial charge in [0, 0.05) is 18.3 Å². The molecule has 1 aliphatic carbocycles. The number of anilines is 1. The first-order valence-electron chi connectivity index (χ1n) is 9.55. The van der Waals surface area contributed by atoms with Gasteiger partial charge in [-0.25, -0.2) is 8.42 Å². The first-order chi connectivity index (χ1) is 14.5. The lowest BCUT2D eigenvalue weighted by molar-refractivity contribution is 0.418. The molecule has 5 rings (SSSR count). The fourth-order valence-electron chi connectivity index (χ4n) is 3.77. The van der Waals surface area contributed by atoms with E-state index in [0.717, 1.165) is 11.1 Å². The molecule has 0 radical (unpaired) electrons. The van der Waals surface area contributed by atoms with E-state index in [4.69, 9.17) is 9.26 Å². The zero-order valence-electron chi connectivity index (χ0n) is 16.2. The Labute approximate surface area is 173 Å². The van der Waals surface area contributed by atoms with Crippen LogP contribution >= 0.6 is 0 Å². The fraction of sp³-hybridized carbons (Fsp3) is 0.238. The highest BCUT2D eigenvalue weighted by Gasteiger charge is 2.48. The average molecular weight is 424 g/mol. The Morgan fingerprint density at radius 2 is 2.07 bits per heavy atom. The number of benzene rings is 2. The number of rotatable bonds is 7. The largest absolute Gasteiger partial charge is 0.496 e. The molecule has 2 aromatic heterocycles. The van der Waals surface area contributed by atoms with Crippen molar-refractivity contribution in [3.63, 3.8) is 0 Å². The lowest BCUT2D eigenvalue weighted by Crippen LogP contribution is -2.19. The second-order valence-electron chi connectivity index (χ2n) is 7.34. The summed E-state index contributed by atoms with van der Waals surface area (Å²) in [6, 6.07) is 15.2. The van der Waals surface area contributed by atoms with Crippen LogP contribution in [0.15, 0.2) is 65.4 Å². The molecule has 0 aliphatic heterocycles. The normalized spacial score (nSPS) is 18.4. The van der Waals surface area contributed by atoms with Gasteiger partial charge in [-0.05, 0) is 35.7 Å². The highest BCUT2D eigenvalue weighted by molar-refractivity contribution is 7.93. The van der Waals surface area contributed by atoms with Crippen LogP contribution in [0.4, 0.5) is 5.82 Å². The molecule has 30 heavy (non-hydrogen) atoms. The standard InChI is InChI=1S/C21H20N4O4S/c1-28-17-10-14(13-25-9-5-8-22-25)11-18-20(17)21(23-29-18)24-30(26,27)19-12-16(19)15-6-3-2-4-7-15/h2-11,16,19H,12-13H2,1H3,(H,23,24)/t16-,19-/m0/s1. The second kappa shape index (κ2) is 7.17. The van der Waals surface area contributed by atoms with E-state index in [1.54, 1.807) is 10.9 Å². The third-order valence-electron chi connectivity index (χ3n) is 5.32. The van der Waals surface area contributed by atoms with Crippen molar-refractivity contribution in [3.05, 3.63) is 72.1 Å². The molecule has 2 aromatic carbocycles. The van der Waals surface area contributed by atoms with Gasteiger partial charge in [0.05, 0.1) is 18.9 Å². The SMILES string of the molecule is COc1cc(Cn2cccn2)cc2onc(NS(=O)(=O)[C@H]3C[C@H]3c3ccccc3)c12. The Kier molecular flexibility index (Phi) is 4.47. The summed E-state index contributed by atoms with van der Waals surface area (Å²) >= 11 is 0. The minimum absolute atomic E-state index is 0.00978. The minimum atomic E-state index is -3.62. The molecule has 1 fully saturated rings. The molecule has 0 amide bonds. The van der Waals surface area contributed by atoms with Crippen LogP contribution in [0.1, 0.15) is 23.5 Å². The maximum absolute atomic E-state index is 12.9. The highest BCUT2D eigenvalue weighted by Crippen LogP contribution is 2.46. The van der Waals surface area contributed by atoms with E-state index < -0.39 is 15.3 Å². The van der Waals surface area contributed by atoms with E-state index in [9.17, 15) is 8.42 Å². The van der Waals surface area contributed by atoms with Gasteiger partial charge >= 0.3 is 0 Å². The minimum Gasteiger partial charge on any atom is -0.496 e. The smallest absolute Gasteiger partial charge is 0.237 e. The van der Waals surface area contributed by atoms with Crippen molar-refractivity contribution in [2.24, 2.45) is 0 Å². The molecular weight excluding hydrogens is 404 g/mol. The summed E-state index contributed by atoms with van der Waals surface area (Å²) in [4.78, 5) is 0. The van der Waals surface area contributed by atoms with Crippen molar-refractivity contribution >= 4 is 26.8 Å². The zero-order valence-corrected chi connectivity index (χ0v) is 17.0. The van der Waals surface area contributed by atoms with E-state index in [1.807, 2.05) is 54.7 Å². The van der Waals surface area contributed by atoms with Gasteiger partial charge in [0.1, 0.15) is 11.1 Å². The molecule has 0 bridgehead atoms. The Balaban J connectivity index is 1.42. The number of nitrogens with one attached hydrogen (secondary N) is 1. The van der Waals surface area contributed by atoms with Gasteiger partial charge in [-0.1, -0.05) is 35.5 Å². The van der Waals surface area contributed by atoms with Crippen LogP contribution in [-0.4, -0.2) is 35.7 Å². The number of ether oxygens (including phenoxy) is 1. The van der Waals surface area contributed by atoms with Crippen molar-refractivity contribution < 1.29 is 17.7 Å². The Morgan fingerprint density at radius 3 is 2.80 bits per heavy atom. The van der Waals surface area contributed by atoms with Gasteiger partial charge < -0.3 is 9.26 Å². The number of methoxy groups -OCH3 is 1. The Morgan fingerprint density at radius 1 is 1.23 bits per heavy atom. The molecule has 8 nitrogen and oxygen atoms in total. The highest BCUT2D eigenvalue weighted by atomic mass is 32.2.